The first-order valence-corrected chi connectivity index (χ1v) is 7.60. The van der Waals surface area contributed by atoms with Crippen LogP contribution in [0.25, 0.3) is 0 Å². The number of nitro groups is 1. The number of anilines is 1. The van der Waals surface area contributed by atoms with E-state index in [0.717, 1.165) is 12.8 Å². The number of aromatic nitrogens is 6. The zero-order valence-electron chi connectivity index (χ0n) is 12.0. The molecular formula is C11H14N8O2S. The summed E-state index contributed by atoms with van der Waals surface area (Å²) in [5.41, 5.74) is -0.125. The van der Waals surface area contributed by atoms with Gasteiger partial charge in [-0.3, -0.25) is 10.1 Å². The number of rotatable bonds is 6. The van der Waals surface area contributed by atoms with Gasteiger partial charge in [-0.05, 0) is 48.9 Å². The molecule has 0 atom stereocenters. The summed E-state index contributed by atoms with van der Waals surface area (Å²) in [6, 6.07) is 0.354. The van der Waals surface area contributed by atoms with Crippen LogP contribution < -0.4 is 5.32 Å². The number of nitrogens with one attached hydrogen (secondary N) is 1. The van der Waals surface area contributed by atoms with Crippen LogP contribution in [0, 0.1) is 10.1 Å². The van der Waals surface area contributed by atoms with Gasteiger partial charge in [0.25, 0.3) is 0 Å². The molecule has 0 radical (unpaired) electrons. The van der Waals surface area contributed by atoms with E-state index in [4.69, 9.17) is 0 Å². The Morgan fingerprint density at radius 2 is 2.27 bits per heavy atom. The highest BCUT2D eigenvalue weighted by Crippen LogP contribution is 2.31. The van der Waals surface area contributed by atoms with Crippen molar-refractivity contribution in [2.24, 2.45) is 0 Å². The van der Waals surface area contributed by atoms with Crippen LogP contribution in [0.5, 0.6) is 0 Å². The standard InChI is InChI=1S/C11H14N8O2S/c1-6(2)18-11(15-16-17-18)22-10-12-5-8(19(20)21)9(14-10)13-7-3-4-7/h5-7H,3-4H2,1-2H3,(H,12,13,14). The molecule has 0 spiro atoms. The van der Waals surface area contributed by atoms with Gasteiger partial charge in [0.2, 0.25) is 11.0 Å². The molecule has 0 bridgehead atoms. The molecule has 1 aliphatic rings. The summed E-state index contributed by atoms with van der Waals surface area (Å²) in [4.78, 5) is 18.8. The quantitative estimate of drug-likeness (QED) is 0.480. The Kier molecular flexibility index (Phi) is 3.88. The molecule has 0 amide bonds. The fraction of sp³-hybridized carbons (Fsp3) is 0.545. The van der Waals surface area contributed by atoms with Gasteiger partial charge < -0.3 is 5.32 Å². The van der Waals surface area contributed by atoms with E-state index in [1.165, 1.54) is 18.0 Å². The van der Waals surface area contributed by atoms with E-state index in [1.54, 1.807) is 4.68 Å². The third-order valence-corrected chi connectivity index (χ3v) is 3.83. The number of tetrazole rings is 1. The van der Waals surface area contributed by atoms with Crippen molar-refractivity contribution in [3.63, 3.8) is 0 Å². The first-order chi connectivity index (χ1) is 10.5. The molecule has 0 aromatic carbocycles. The van der Waals surface area contributed by atoms with Crippen LogP contribution in [0.1, 0.15) is 32.7 Å². The van der Waals surface area contributed by atoms with Crippen LogP contribution in [0.15, 0.2) is 16.5 Å². The Bertz CT molecular complexity index is 699. The van der Waals surface area contributed by atoms with Crippen molar-refractivity contribution in [3.8, 4) is 0 Å². The Hall–Kier alpha value is -2.30. The third-order valence-electron chi connectivity index (χ3n) is 3.00. The van der Waals surface area contributed by atoms with Crippen molar-refractivity contribution >= 4 is 23.3 Å². The van der Waals surface area contributed by atoms with E-state index in [-0.39, 0.29) is 23.6 Å². The van der Waals surface area contributed by atoms with Crippen molar-refractivity contribution in [3.05, 3.63) is 16.3 Å². The lowest BCUT2D eigenvalue weighted by Gasteiger charge is -2.08. The number of hydrogen-bond acceptors (Lipinski definition) is 9. The molecule has 0 saturated heterocycles. The van der Waals surface area contributed by atoms with Gasteiger partial charge in [0.05, 0.1) is 11.0 Å². The maximum absolute atomic E-state index is 11.0. The molecule has 11 heteroatoms. The van der Waals surface area contributed by atoms with Gasteiger partial charge in [-0.2, -0.15) is 4.98 Å². The van der Waals surface area contributed by atoms with Crippen molar-refractivity contribution in [1.29, 1.82) is 0 Å². The Balaban J connectivity index is 1.87. The monoisotopic (exact) mass is 322 g/mol. The Labute approximate surface area is 129 Å². The van der Waals surface area contributed by atoms with Crippen LogP contribution in [0.3, 0.4) is 0 Å². The van der Waals surface area contributed by atoms with Crippen molar-refractivity contribution in [2.45, 2.75) is 49.1 Å². The molecule has 2 aromatic heterocycles. The second-order valence-corrected chi connectivity index (χ2v) is 6.10. The molecular weight excluding hydrogens is 308 g/mol. The number of hydrogen-bond donors (Lipinski definition) is 1. The van der Waals surface area contributed by atoms with Crippen LogP contribution in [-0.2, 0) is 0 Å². The highest BCUT2D eigenvalue weighted by molar-refractivity contribution is 7.99. The van der Waals surface area contributed by atoms with E-state index >= 15 is 0 Å². The molecule has 0 unspecified atom stereocenters. The molecule has 2 aromatic rings. The van der Waals surface area contributed by atoms with Gasteiger partial charge in [0, 0.05) is 6.04 Å². The van der Waals surface area contributed by atoms with Crippen molar-refractivity contribution in [2.75, 3.05) is 5.32 Å². The average molecular weight is 322 g/mol. The zero-order chi connectivity index (χ0) is 15.7. The van der Waals surface area contributed by atoms with Gasteiger partial charge in [-0.1, -0.05) is 0 Å². The van der Waals surface area contributed by atoms with Gasteiger partial charge in [-0.15, -0.1) is 5.10 Å². The van der Waals surface area contributed by atoms with E-state index < -0.39 is 4.92 Å². The smallest absolute Gasteiger partial charge is 0.329 e. The topological polar surface area (TPSA) is 125 Å². The fourth-order valence-corrected chi connectivity index (χ4v) is 2.55. The summed E-state index contributed by atoms with van der Waals surface area (Å²) in [5.74, 6) is 0.244. The minimum atomic E-state index is -0.489. The second-order valence-electron chi connectivity index (χ2n) is 5.16. The summed E-state index contributed by atoms with van der Waals surface area (Å²) in [6.07, 6.45) is 3.20. The van der Waals surface area contributed by atoms with Crippen LogP contribution in [-0.4, -0.2) is 41.1 Å². The summed E-state index contributed by atoms with van der Waals surface area (Å²) >= 11 is 1.17. The summed E-state index contributed by atoms with van der Waals surface area (Å²) in [5, 5.41) is 26.5. The highest BCUT2D eigenvalue weighted by Gasteiger charge is 2.27. The predicted octanol–water partition coefficient (Wildman–Crippen LogP) is 1.68. The van der Waals surface area contributed by atoms with Gasteiger partial charge >= 0.3 is 5.69 Å². The second kappa shape index (κ2) is 5.83. The van der Waals surface area contributed by atoms with Gasteiger partial charge in [0.15, 0.2) is 5.16 Å². The number of nitrogens with zero attached hydrogens (tertiary/aromatic N) is 7. The lowest BCUT2D eigenvalue weighted by atomic mass is 10.4. The predicted molar refractivity (Wildman–Crippen MR) is 77.7 cm³/mol. The molecule has 1 fully saturated rings. The van der Waals surface area contributed by atoms with Crippen LogP contribution >= 0.6 is 11.8 Å². The van der Waals surface area contributed by atoms with E-state index in [2.05, 4.69) is 30.8 Å². The van der Waals surface area contributed by atoms with Crippen molar-refractivity contribution in [1.82, 2.24) is 30.2 Å². The summed E-state index contributed by atoms with van der Waals surface area (Å²) < 4.78 is 1.64. The summed E-state index contributed by atoms with van der Waals surface area (Å²) in [7, 11) is 0. The molecule has 0 aliphatic heterocycles. The Morgan fingerprint density at radius 1 is 1.50 bits per heavy atom. The molecule has 1 aliphatic carbocycles. The molecule has 1 N–H and O–H groups in total. The minimum absolute atomic E-state index is 0.0969. The molecule has 22 heavy (non-hydrogen) atoms. The first-order valence-electron chi connectivity index (χ1n) is 6.78. The highest BCUT2D eigenvalue weighted by atomic mass is 32.2. The maximum atomic E-state index is 11.0. The Morgan fingerprint density at radius 3 is 2.91 bits per heavy atom. The van der Waals surface area contributed by atoms with Crippen LogP contribution in [0.2, 0.25) is 0 Å². The van der Waals surface area contributed by atoms with Crippen LogP contribution in [0.4, 0.5) is 11.5 Å². The third kappa shape index (κ3) is 3.13. The maximum Gasteiger partial charge on any atom is 0.329 e. The lowest BCUT2D eigenvalue weighted by molar-refractivity contribution is -0.384. The minimum Gasteiger partial charge on any atom is -0.361 e. The molecule has 1 saturated carbocycles. The van der Waals surface area contributed by atoms with Crippen molar-refractivity contribution < 1.29 is 4.92 Å². The molecule has 116 valence electrons. The first kappa shape index (κ1) is 14.6. The fourth-order valence-electron chi connectivity index (χ4n) is 1.73. The van der Waals surface area contributed by atoms with E-state index in [9.17, 15) is 10.1 Å². The summed E-state index contributed by atoms with van der Waals surface area (Å²) in [6.45, 7) is 3.91. The molecule has 3 rings (SSSR count). The van der Waals surface area contributed by atoms with E-state index in [0.29, 0.717) is 10.3 Å². The SMILES string of the molecule is CC(C)n1nnnc1Sc1ncc([N+](=O)[O-])c(NC2CC2)n1. The van der Waals surface area contributed by atoms with Gasteiger partial charge in [-0.25, -0.2) is 9.67 Å². The lowest BCUT2D eigenvalue weighted by Crippen LogP contribution is -2.08. The molecule has 10 nitrogen and oxygen atoms in total. The average Bonchev–Trinajstić information content (AvgIpc) is 3.14. The molecule has 2 heterocycles. The van der Waals surface area contributed by atoms with Gasteiger partial charge in [0.1, 0.15) is 6.20 Å². The largest absolute Gasteiger partial charge is 0.361 e. The zero-order valence-corrected chi connectivity index (χ0v) is 12.8. The normalized spacial score (nSPS) is 14.3. The van der Waals surface area contributed by atoms with E-state index in [1.807, 2.05) is 13.8 Å².